The lowest BCUT2D eigenvalue weighted by Gasteiger charge is -2.52. The normalized spacial score (nSPS) is 27.2. The Morgan fingerprint density at radius 2 is 2.07 bits per heavy atom. The maximum atomic E-state index is 13.3. The first-order valence-electron chi connectivity index (χ1n) is 9.86. The van der Waals surface area contributed by atoms with E-state index in [-0.39, 0.29) is 17.9 Å². The number of ether oxygens (including phenoxy) is 2. The Balaban J connectivity index is 1.82. The molecule has 1 aliphatic heterocycles. The fourth-order valence-corrected chi connectivity index (χ4v) is 4.91. The summed E-state index contributed by atoms with van der Waals surface area (Å²) in [4.78, 5) is 15.1. The van der Waals surface area contributed by atoms with Gasteiger partial charge in [0, 0.05) is 18.0 Å². The number of fused-ring (bicyclic) bond motifs is 1. The fraction of sp³-hybridized carbons (Fsp3) is 0.500. The minimum absolute atomic E-state index is 0.0603. The molecule has 1 saturated carbocycles. The molecule has 2 aromatic rings. The van der Waals surface area contributed by atoms with E-state index in [1.54, 1.807) is 26.4 Å². The van der Waals surface area contributed by atoms with Crippen molar-refractivity contribution in [2.75, 3.05) is 20.8 Å². The van der Waals surface area contributed by atoms with Gasteiger partial charge in [0.25, 0.3) is 5.91 Å². The minimum atomic E-state index is -0.767. The van der Waals surface area contributed by atoms with Crippen molar-refractivity contribution in [2.45, 2.75) is 43.7 Å². The molecule has 0 unspecified atom stereocenters. The van der Waals surface area contributed by atoms with Crippen LogP contribution in [0.15, 0.2) is 41.0 Å². The molecule has 2 fully saturated rings. The highest BCUT2D eigenvalue weighted by Crippen LogP contribution is 2.51. The molecule has 6 heteroatoms. The van der Waals surface area contributed by atoms with E-state index in [1.807, 2.05) is 23.1 Å². The Labute approximate surface area is 165 Å². The van der Waals surface area contributed by atoms with Crippen LogP contribution in [0.5, 0.6) is 11.5 Å². The molecule has 2 heterocycles. The van der Waals surface area contributed by atoms with Crippen LogP contribution in [0.4, 0.5) is 0 Å². The van der Waals surface area contributed by atoms with Gasteiger partial charge in [0.05, 0.1) is 32.1 Å². The SMILES string of the molecule is COc1ccc(OC)c([C@H]2[C@H]3CCCC[C@]3(O)CCN2C(=O)c2ccco2)c1. The Hall–Kier alpha value is -2.47. The first-order valence-corrected chi connectivity index (χ1v) is 9.86. The van der Waals surface area contributed by atoms with Crippen LogP contribution in [0.2, 0.25) is 0 Å². The molecule has 4 rings (SSSR count). The number of amides is 1. The number of methoxy groups -OCH3 is 2. The van der Waals surface area contributed by atoms with E-state index < -0.39 is 5.60 Å². The number of hydrogen-bond acceptors (Lipinski definition) is 5. The van der Waals surface area contributed by atoms with Crippen molar-refractivity contribution in [3.63, 3.8) is 0 Å². The van der Waals surface area contributed by atoms with Gasteiger partial charge in [-0.3, -0.25) is 4.79 Å². The van der Waals surface area contributed by atoms with Gasteiger partial charge < -0.3 is 23.9 Å². The van der Waals surface area contributed by atoms with Crippen molar-refractivity contribution in [1.82, 2.24) is 4.90 Å². The molecule has 1 amide bonds. The number of likely N-dealkylation sites (tertiary alicyclic amines) is 1. The first kappa shape index (κ1) is 18.9. The zero-order valence-corrected chi connectivity index (χ0v) is 16.4. The van der Waals surface area contributed by atoms with Crippen molar-refractivity contribution in [3.8, 4) is 11.5 Å². The van der Waals surface area contributed by atoms with E-state index in [1.165, 1.54) is 6.26 Å². The van der Waals surface area contributed by atoms with Crippen molar-refractivity contribution in [2.24, 2.45) is 5.92 Å². The molecular formula is C22H27NO5. The lowest BCUT2D eigenvalue weighted by Crippen LogP contribution is -2.56. The molecule has 1 N–H and O–H groups in total. The van der Waals surface area contributed by atoms with E-state index in [2.05, 4.69) is 0 Å². The van der Waals surface area contributed by atoms with Gasteiger partial charge in [-0.2, -0.15) is 0 Å². The van der Waals surface area contributed by atoms with Gasteiger partial charge in [0.15, 0.2) is 5.76 Å². The molecule has 0 bridgehead atoms. The van der Waals surface area contributed by atoms with Gasteiger partial charge in [0.2, 0.25) is 0 Å². The van der Waals surface area contributed by atoms with Gasteiger partial charge in [-0.15, -0.1) is 0 Å². The molecule has 0 radical (unpaired) electrons. The van der Waals surface area contributed by atoms with Crippen molar-refractivity contribution >= 4 is 5.91 Å². The number of rotatable bonds is 4. The Morgan fingerprint density at radius 3 is 2.79 bits per heavy atom. The number of aliphatic hydroxyl groups is 1. The lowest BCUT2D eigenvalue weighted by atomic mass is 9.66. The van der Waals surface area contributed by atoms with Crippen LogP contribution in [0, 0.1) is 5.92 Å². The van der Waals surface area contributed by atoms with Crippen LogP contribution in [0.1, 0.15) is 54.3 Å². The second-order valence-corrected chi connectivity index (χ2v) is 7.73. The molecule has 150 valence electrons. The standard InChI is InChI=1S/C22H27NO5/c1-26-15-8-9-18(27-2)16(14-15)20-17-6-3-4-10-22(17,25)11-12-23(20)21(24)19-7-5-13-28-19/h5,7-9,13-14,17,20,25H,3-4,6,10-12H2,1-2H3/t17-,20+,22+/m1/s1. The van der Waals surface area contributed by atoms with E-state index in [0.717, 1.165) is 31.2 Å². The highest BCUT2D eigenvalue weighted by atomic mass is 16.5. The van der Waals surface area contributed by atoms with E-state index in [0.29, 0.717) is 30.2 Å². The van der Waals surface area contributed by atoms with Crippen LogP contribution in [-0.4, -0.2) is 42.3 Å². The number of furan rings is 1. The Bertz CT molecular complexity index is 833. The Morgan fingerprint density at radius 1 is 1.21 bits per heavy atom. The summed E-state index contributed by atoms with van der Waals surface area (Å²) in [5.74, 6) is 1.49. The molecular weight excluding hydrogens is 358 g/mol. The van der Waals surface area contributed by atoms with Crippen molar-refractivity contribution in [3.05, 3.63) is 47.9 Å². The smallest absolute Gasteiger partial charge is 0.290 e. The van der Waals surface area contributed by atoms with Crippen molar-refractivity contribution in [1.29, 1.82) is 0 Å². The van der Waals surface area contributed by atoms with Gasteiger partial charge in [0.1, 0.15) is 11.5 Å². The summed E-state index contributed by atoms with van der Waals surface area (Å²) in [6.07, 6.45) is 5.77. The molecule has 0 spiro atoms. The van der Waals surface area contributed by atoms with Crippen LogP contribution in [0.25, 0.3) is 0 Å². The average Bonchev–Trinajstić information content (AvgIpc) is 3.26. The number of nitrogens with zero attached hydrogens (tertiary/aromatic N) is 1. The third-order valence-electron chi connectivity index (χ3n) is 6.32. The predicted molar refractivity (Wildman–Crippen MR) is 104 cm³/mol. The summed E-state index contributed by atoms with van der Waals surface area (Å²) in [5, 5.41) is 11.4. The van der Waals surface area contributed by atoms with E-state index in [9.17, 15) is 9.90 Å². The number of piperidine rings is 1. The topological polar surface area (TPSA) is 72.1 Å². The minimum Gasteiger partial charge on any atom is -0.497 e. The second-order valence-electron chi connectivity index (χ2n) is 7.73. The number of benzene rings is 1. The fourth-order valence-electron chi connectivity index (χ4n) is 4.91. The summed E-state index contributed by atoms with van der Waals surface area (Å²) in [7, 11) is 3.25. The quantitative estimate of drug-likeness (QED) is 0.867. The highest BCUT2D eigenvalue weighted by molar-refractivity contribution is 5.92. The summed E-state index contributed by atoms with van der Waals surface area (Å²) in [5.41, 5.74) is 0.100. The number of carbonyl (C=O) groups is 1. The van der Waals surface area contributed by atoms with Crippen LogP contribution in [-0.2, 0) is 0 Å². The summed E-state index contributed by atoms with van der Waals surface area (Å²) >= 11 is 0. The number of carbonyl (C=O) groups excluding carboxylic acids is 1. The molecule has 1 aromatic carbocycles. The van der Waals surface area contributed by atoms with Gasteiger partial charge in [-0.1, -0.05) is 12.8 Å². The first-order chi connectivity index (χ1) is 13.6. The van der Waals surface area contributed by atoms with Crippen LogP contribution >= 0.6 is 0 Å². The van der Waals surface area contributed by atoms with Gasteiger partial charge in [-0.25, -0.2) is 0 Å². The lowest BCUT2D eigenvalue weighted by molar-refractivity contribution is -0.115. The predicted octanol–water partition coefficient (Wildman–Crippen LogP) is 3.81. The molecule has 6 nitrogen and oxygen atoms in total. The number of hydrogen-bond donors (Lipinski definition) is 1. The largest absolute Gasteiger partial charge is 0.497 e. The van der Waals surface area contributed by atoms with E-state index in [4.69, 9.17) is 13.9 Å². The highest BCUT2D eigenvalue weighted by Gasteiger charge is 2.51. The zero-order chi connectivity index (χ0) is 19.7. The molecule has 3 atom stereocenters. The average molecular weight is 385 g/mol. The molecule has 28 heavy (non-hydrogen) atoms. The van der Waals surface area contributed by atoms with Gasteiger partial charge >= 0.3 is 0 Å². The summed E-state index contributed by atoms with van der Waals surface area (Å²) < 4.78 is 16.5. The van der Waals surface area contributed by atoms with E-state index >= 15 is 0 Å². The zero-order valence-electron chi connectivity index (χ0n) is 16.4. The molecule has 2 aliphatic rings. The Kier molecular flexibility index (Phi) is 5.06. The molecule has 1 aromatic heterocycles. The molecule has 1 saturated heterocycles. The maximum Gasteiger partial charge on any atom is 0.290 e. The van der Waals surface area contributed by atoms with Crippen LogP contribution in [0.3, 0.4) is 0 Å². The second kappa shape index (κ2) is 7.51. The maximum absolute atomic E-state index is 13.3. The van der Waals surface area contributed by atoms with Crippen molar-refractivity contribution < 1.29 is 23.8 Å². The monoisotopic (exact) mass is 385 g/mol. The van der Waals surface area contributed by atoms with Crippen LogP contribution < -0.4 is 9.47 Å². The molecule has 1 aliphatic carbocycles. The third kappa shape index (κ3) is 3.15. The summed E-state index contributed by atoms with van der Waals surface area (Å²) in [6, 6.07) is 8.73. The summed E-state index contributed by atoms with van der Waals surface area (Å²) in [6.45, 7) is 0.470. The van der Waals surface area contributed by atoms with Gasteiger partial charge in [-0.05, 0) is 49.6 Å². The third-order valence-corrected chi connectivity index (χ3v) is 6.32.